The van der Waals surface area contributed by atoms with Gasteiger partial charge in [0.2, 0.25) is 0 Å². The number of hydrogen-bond acceptors (Lipinski definition) is 8. The molecule has 1 amide bonds. The third-order valence-corrected chi connectivity index (χ3v) is 6.95. The van der Waals surface area contributed by atoms with E-state index in [1.807, 2.05) is 0 Å². The van der Waals surface area contributed by atoms with Crippen molar-refractivity contribution in [2.45, 2.75) is 44.3 Å². The van der Waals surface area contributed by atoms with Gasteiger partial charge in [0.1, 0.15) is 11.5 Å². The fourth-order valence-electron chi connectivity index (χ4n) is 4.15. The van der Waals surface area contributed by atoms with Gasteiger partial charge in [0.15, 0.2) is 11.5 Å². The Hall–Kier alpha value is -3.94. The molecule has 0 bridgehead atoms. The molecule has 5 rings (SSSR count). The zero-order valence-corrected chi connectivity index (χ0v) is 19.3. The lowest BCUT2D eigenvalue weighted by Crippen LogP contribution is -2.16. The van der Waals surface area contributed by atoms with Gasteiger partial charge in [0.05, 0.1) is 27.4 Å². The predicted octanol–water partition coefficient (Wildman–Crippen LogP) is 5.63. The molecule has 1 fully saturated rings. The minimum Gasteiger partial charge on any atom is -0.305 e. The summed E-state index contributed by atoms with van der Waals surface area (Å²) in [5.74, 6) is -0.457. The molecule has 0 spiro atoms. The summed E-state index contributed by atoms with van der Waals surface area (Å²) >= 11 is 0.714. The van der Waals surface area contributed by atoms with Crippen LogP contribution in [-0.4, -0.2) is 35.6 Å². The highest BCUT2D eigenvalue weighted by Crippen LogP contribution is 2.34. The van der Waals surface area contributed by atoms with Crippen molar-refractivity contribution in [1.29, 1.82) is 0 Å². The molecule has 0 aliphatic heterocycles. The van der Waals surface area contributed by atoms with Gasteiger partial charge < -0.3 is 5.32 Å². The normalized spacial score (nSPS) is 14.8. The fourth-order valence-corrected chi connectivity index (χ4v) is 4.87. The largest absolute Gasteiger partial charge is 0.433 e. The summed E-state index contributed by atoms with van der Waals surface area (Å²) in [6, 6.07) is 4.71. The summed E-state index contributed by atoms with van der Waals surface area (Å²) in [6.45, 7) is 0. The van der Waals surface area contributed by atoms with Crippen LogP contribution in [0.5, 0.6) is 0 Å². The zero-order valence-electron chi connectivity index (χ0n) is 18.5. The molecular weight excluding hydrogens is 499 g/mol. The second kappa shape index (κ2) is 9.26. The number of anilines is 1. The van der Waals surface area contributed by atoms with Crippen molar-refractivity contribution in [2.75, 3.05) is 5.32 Å². The molecule has 0 unspecified atom stereocenters. The Morgan fingerprint density at radius 3 is 2.53 bits per heavy atom. The summed E-state index contributed by atoms with van der Waals surface area (Å²) in [5, 5.41) is 18.4. The molecule has 10 nitrogen and oxygen atoms in total. The van der Waals surface area contributed by atoms with E-state index in [0.29, 0.717) is 22.4 Å². The van der Waals surface area contributed by atoms with Crippen molar-refractivity contribution >= 4 is 39.1 Å². The Bertz CT molecular complexity index is 1440. The molecule has 1 aliphatic carbocycles. The standard InChI is InChI=1S/C22H18F3N7O3S/c23-22(24,25)16-8-6-12(10-26-16)18-28-19(30-21(33)15-7-9-17(36-15)32(34)35)14-11-27-31(20(14)29-18)13-4-2-1-3-5-13/h6-11,13H,1-5H2,(H,28,29,30,33). The van der Waals surface area contributed by atoms with Crippen molar-refractivity contribution in [3.05, 3.63) is 57.3 Å². The van der Waals surface area contributed by atoms with E-state index in [0.717, 1.165) is 44.4 Å². The third-order valence-electron chi connectivity index (χ3n) is 5.91. The van der Waals surface area contributed by atoms with Gasteiger partial charge in [-0.25, -0.2) is 14.6 Å². The number of carbonyl (C=O) groups excluding carboxylic acids is 1. The molecule has 1 saturated carbocycles. The van der Waals surface area contributed by atoms with Gasteiger partial charge in [-0.15, -0.1) is 0 Å². The first-order chi connectivity index (χ1) is 17.2. The van der Waals surface area contributed by atoms with Gasteiger partial charge in [0.25, 0.3) is 5.91 Å². The zero-order chi connectivity index (χ0) is 25.4. The SMILES string of the molecule is O=C(Nc1nc(-c2ccc(C(F)(F)F)nc2)nc2c1cnn2C1CCCCC1)c1ccc([N+](=O)[O-])s1. The lowest BCUT2D eigenvalue weighted by molar-refractivity contribution is -0.380. The molecule has 4 aromatic heterocycles. The summed E-state index contributed by atoms with van der Waals surface area (Å²) < 4.78 is 40.7. The van der Waals surface area contributed by atoms with E-state index in [4.69, 9.17) is 0 Å². The summed E-state index contributed by atoms with van der Waals surface area (Å²) in [7, 11) is 0. The van der Waals surface area contributed by atoms with Gasteiger partial charge in [-0.3, -0.25) is 19.9 Å². The smallest absolute Gasteiger partial charge is 0.305 e. The number of nitrogens with zero attached hydrogens (tertiary/aromatic N) is 6. The first kappa shape index (κ1) is 23.8. The molecule has 4 aromatic rings. The molecule has 0 aromatic carbocycles. The van der Waals surface area contributed by atoms with Crippen LogP contribution in [0.1, 0.15) is 53.5 Å². The number of amides is 1. The van der Waals surface area contributed by atoms with Crippen molar-refractivity contribution in [3.63, 3.8) is 0 Å². The van der Waals surface area contributed by atoms with Crippen molar-refractivity contribution < 1.29 is 22.9 Å². The molecule has 0 radical (unpaired) electrons. The first-order valence-corrected chi connectivity index (χ1v) is 11.9. The number of rotatable bonds is 5. The van der Waals surface area contributed by atoms with E-state index in [2.05, 4.69) is 25.4 Å². The number of pyridine rings is 1. The van der Waals surface area contributed by atoms with Crippen LogP contribution < -0.4 is 5.32 Å². The molecule has 36 heavy (non-hydrogen) atoms. The molecule has 0 atom stereocenters. The highest BCUT2D eigenvalue weighted by molar-refractivity contribution is 7.17. The van der Waals surface area contributed by atoms with Crippen LogP contribution >= 0.6 is 11.3 Å². The number of nitro groups is 1. The molecule has 14 heteroatoms. The van der Waals surface area contributed by atoms with Crippen molar-refractivity contribution in [1.82, 2.24) is 24.7 Å². The molecular formula is C22H18F3N7O3S. The number of aromatic nitrogens is 5. The first-order valence-electron chi connectivity index (χ1n) is 11.0. The van der Waals surface area contributed by atoms with Crippen LogP contribution in [0.25, 0.3) is 22.4 Å². The van der Waals surface area contributed by atoms with Crippen LogP contribution in [-0.2, 0) is 6.18 Å². The lowest BCUT2D eigenvalue weighted by atomic mass is 9.96. The number of alkyl halides is 3. The monoisotopic (exact) mass is 517 g/mol. The maximum absolute atomic E-state index is 13.0. The van der Waals surface area contributed by atoms with E-state index < -0.39 is 22.7 Å². The van der Waals surface area contributed by atoms with E-state index in [1.54, 1.807) is 4.68 Å². The Balaban J connectivity index is 1.57. The highest BCUT2D eigenvalue weighted by atomic mass is 32.1. The summed E-state index contributed by atoms with van der Waals surface area (Å²) in [5.41, 5.74) is -0.393. The van der Waals surface area contributed by atoms with Crippen LogP contribution in [0, 0.1) is 10.1 Å². The van der Waals surface area contributed by atoms with Crippen LogP contribution in [0.15, 0.2) is 36.7 Å². The predicted molar refractivity (Wildman–Crippen MR) is 125 cm³/mol. The maximum atomic E-state index is 13.0. The van der Waals surface area contributed by atoms with Gasteiger partial charge >= 0.3 is 11.2 Å². The minimum absolute atomic E-state index is 0.0637. The van der Waals surface area contributed by atoms with Crippen molar-refractivity contribution in [2.24, 2.45) is 0 Å². The Kier molecular flexibility index (Phi) is 6.12. The van der Waals surface area contributed by atoms with Crippen LogP contribution in [0.3, 0.4) is 0 Å². The number of fused-ring (bicyclic) bond motifs is 1. The average Bonchev–Trinajstić information content (AvgIpc) is 3.52. The van der Waals surface area contributed by atoms with E-state index in [-0.39, 0.29) is 33.1 Å². The minimum atomic E-state index is -4.59. The molecule has 186 valence electrons. The maximum Gasteiger partial charge on any atom is 0.433 e. The summed E-state index contributed by atoms with van der Waals surface area (Å²) in [6.07, 6.45) is 2.97. The van der Waals surface area contributed by atoms with Crippen LogP contribution in [0.4, 0.5) is 24.0 Å². The third kappa shape index (κ3) is 4.63. The Morgan fingerprint density at radius 1 is 1.11 bits per heavy atom. The van der Waals surface area contributed by atoms with Crippen molar-refractivity contribution in [3.8, 4) is 11.4 Å². The number of hydrogen-bond donors (Lipinski definition) is 1. The second-order valence-corrected chi connectivity index (χ2v) is 9.36. The van der Waals surface area contributed by atoms with E-state index >= 15 is 0 Å². The lowest BCUT2D eigenvalue weighted by Gasteiger charge is -2.22. The Morgan fingerprint density at radius 2 is 1.89 bits per heavy atom. The fraction of sp³-hybridized carbons (Fsp3) is 0.318. The number of thiophene rings is 1. The van der Waals surface area contributed by atoms with Gasteiger partial charge in [-0.1, -0.05) is 30.6 Å². The topological polar surface area (TPSA) is 129 Å². The van der Waals surface area contributed by atoms with Gasteiger partial charge in [-0.05, 0) is 31.0 Å². The van der Waals surface area contributed by atoms with Crippen LogP contribution in [0.2, 0.25) is 0 Å². The molecule has 4 heterocycles. The van der Waals surface area contributed by atoms with E-state index in [9.17, 15) is 28.1 Å². The van der Waals surface area contributed by atoms with Gasteiger partial charge in [-0.2, -0.15) is 18.3 Å². The number of carbonyl (C=O) groups is 1. The Labute approximate surface area is 205 Å². The second-order valence-electron chi connectivity index (χ2n) is 8.29. The molecule has 0 saturated heterocycles. The van der Waals surface area contributed by atoms with E-state index in [1.165, 1.54) is 24.4 Å². The highest BCUT2D eigenvalue weighted by Gasteiger charge is 2.32. The number of halogens is 3. The molecule has 1 N–H and O–H groups in total. The molecule has 1 aliphatic rings. The number of nitrogens with one attached hydrogen (secondary N) is 1. The average molecular weight is 517 g/mol. The van der Waals surface area contributed by atoms with Gasteiger partial charge in [0, 0.05) is 17.8 Å². The quantitative estimate of drug-likeness (QED) is 0.268. The summed E-state index contributed by atoms with van der Waals surface area (Å²) in [4.78, 5) is 35.8.